The first-order valence-electron chi connectivity index (χ1n) is 4.86. The summed E-state index contributed by atoms with van der Waals surface area (Å²) in [5.41, 5.74) is 3.03. The summed E-state index contributed by atoms with van der Waals surface area (Å²) >= 11 is 0. The van der Waals surface area contributed by atoms with Crippen molar-refractivity contribution in [2.75, 3.05) is 7.11 Å². The molecule has 3 nitrogen and oxygen atoms in total. The van der Waals surface area contributed by atoms with E-state index >= 15 is 0 Å². The maximum atomic E-state index is 11.2. The normalized spacial score (nSPS) is 11.4. The molecule has 0 heterocycles. The zero-order chi connectivity index (χ0) is 12.1. The van der Waals surface area contributed by atoms with Crippen LogP contribution in [0, 0.1) is 11.3 Å². The number of benzene rings is 1. The highest BCUT2D eigenvalue weighted by molar-refractivity contribution is 5.89. The number of carbonyl (C=O) groups is 1. The number of ether oxygens (including phenoxy) is 1. The highest BCUT2D eigenvalue weighted by atomic mass is 16.5. The molecule has 0 spiro atoms. The van der Waals surface area contributed by atoms with Crippen molar-refractivity contribution in [3.8, 4) is 6.07 Å². The van der Waals surface area contributed by atoms with Gasteiger partial charge >= 0.3 is 5.97 Å². The van der Waals surface area contributed by atoms with Crippen molar-refractivity contribution in [2.45, 2.75) is 13.8 Å². The second-order valence-corrected chi connectivity index (χ2v) is 3.43. The van der Waals surface area contributed by atoms with E-state index in [1.807, 2.05) is 19.1 Å². The lowest BCUT2D eigenvalue weighted by Gasteiger charge is -2.04. The topological polar surface area (TPSA) is 50.1 Å². The Morgan fingerprint density at radius 1 is 1.19 bits per heavy atom. The van der Waals surface area contributed by atoms with Crippen LogP contribution in [0.25, 0.3) is 5.57 Å². The highest BCUT2D eigenvalue weighted by Gasteiger charge is 2.05. The third kappa shape index (κ3) is 2.48. The minimum absolute atomic E-state index is 0.356. The lowest BCUT2D eigenvalue weighted by Crippen LogP contribution is -2.00. The maximum Gasteiger partial charge on any atom is 0.337 e. The predicted molar refractivity (Wildman–Crippen MR) is 61.7 cm³/mol. The van der Waals surface area contributed by atoms with Crippen LogP contribution < -0.4 is 0 Å². The van der Waals surface area contributed by atoms with Gasteiger partial charge in [0.25, 0.3) is 0 Å². The quantitative estimate of drug-likeness (QED) is 0.563. The zero-order valence-electron chi connectivity index (χ0n) is 9.57. The van der Waals surface area contributed by atoms with Gasteiger partial charge in [-0.3, -0.25) is 0 Å². The number of esters is 1. The largest absolute Gasteiger partial charge is 0.465 e. The number of nitrogens with zero attached hydrogens (tertiary/aromatic N) is 1. The van der Waals surface area contributed by atoms with Gasteiger partial charge in [0.2, 0.25) is 0 Å². The Bertz CT molecular complexity index is 464. The van der Waals surface area contributed by atoms with Gasteiger partial charge in [-0.1, -0.05) is 12.1 Å². The van der Waals surface area contributed by atoms with Crippen LogP contribution in [0.1, 0.15) is 29.8 Å². The predicted octanol–water partition coefficient (Wildman–Crippen LogP) is 2.79. The molecule has 0 fully saturated rings. The minimum atomic E-state index is -0.356. The van der Waals surface area contributed by atoms with E-state index in [0.29, 0.717) is 11.1 Å². The molecule has 0 N–H and O–H groups in total. The monoisotopic (exact) mass is 215 g/mol. The van der Waals surface area contributed by atoms with Gasteiger partial charge in [-0.25, -0.2) is 4.79 Å². The second-order valence-electron chi connectivity index (χ2n) is 3.43. The highest BCUT2D eigenvalue weighted by Crippen LogP contribution is 2.18. The molecule has 0 unspecified atom stereocenters. The van der Waals surface area contributed by atoms with Crippen molar-refractivity contribution in [1.29, 1.82) is 5.26 Å². The molecule has 82 valence electrons. The van der Waals surface area contributed by atoms with Gasteiger partial charge in [-0.2, -0.15) is 5.26 Å². The molecular weight excluding hydrogens is 202 g/mol. The molecule has 0 atom stereocenters. The summed E-state index contributed by atoms with van der Waals surface area (Å²) in [5, 5.41) is 8.77. The van der Waals surface area contributed by atoms with Crippen molar-refractivity contribution in [3.63, 3.8) is 0 Å². The van der Waals surface area contributed by atoms with Gasteiger partial charge < -0.3 is 4.74 Å². The van der Waals surface area contributed by atoms with Crippen molar-refractivity contribution in [1.82, 2.24) is 0 Å². The molecule has 0 saturated heterocycles. The second kappa shape index (κ2) is 5.13. The van der Waals surface area contributed by atoms with Crippen LogP contribution in [0.5, 0.6) is 0 Å². The fourth-order valence-corrected chi connectivity index (χ4v) is 1.27. The van der Waals surface area contributed by atoms with E-state index in [2.05, 4.69) is 10.8 Å². The average molecular weight is 215 g/mol. The van der Waals surface area contributed by atoms with Crippen LogP contribution in [0.2, 0.25) is 0 Å². The smallest absolute Gasteiger partial charge is 0.337 e. The molecule has 3 heteroatoms. The van der Waals surface area contributed by atoms with Crippen molar-refractivity contribution in [2.24, 2.45) is 0 Å². The van der Waals surface area contributed by atoms with Gasteiger partial charge in [0, 0.05) is 5.57 Å². The standard InChI is InChI=1S/C13H13NO2/c1-9(8-14)10(2)11-4-6-12(7-5-11)13(15)16-3/h4-7H,1-3H3. The van der Waals surface area contributed by atoms with Crippen LogP contribution in [0.15, 0.2) is 29.8 Å². The molecule has 1 rings (SSSR count). The molecule has 1 aromatic carbocycles. The van der Waals surface area contributed by atoms with Crippen LogP contribution in [0.4, 0.5) is 0 Å². The zero-order valence-corrected chi connectivity index (χ0v) is 9.57. The molecule has 0 amide bonds. The number of nitriles is 1. The Kier molecular flexibility index (Phi) is 3.84. The van der Waals surface area contributed by atoms with Gasteiger partial charge in [-0.05, 0) is 37.1 Å². The Morgan fingerprint density at radius 2 is 1.69 bits per heavy atom. The number of rotatable bonds is 2. The van der Waals surface area contributed by atoms with Crippen LogP contribution in [-0.4, -0.2) is 13.1 Å². The van der Waals surface area contributed by atoms with E-state index in [-0.39, 0.29) is 5.97 Å². The summed E-state index contributed by atoms with van der Waals surface area (Å²) in [6.45, 7) is 3.65. The summed E-state index contributed by atoms with van der Waals surface area (Å²) in [7, 11) is 1.35. The Labute approximate surface area is 95.0 Å². The van der Waals surface area contributed by atoms with Crippen molar-refractivity contribution in [3.05, 3.63) is 41.0 Å². The fraction of sp³-hybridized carbons (Fsp3) is 0.231. The molecule has 16 heavy (non-hydrogen) atoms. The number of hydrogen-bond acceptors (Lipinski definition) is 3. The Balaban J connectivity index is 3.06. The van der Waals surface area contributed by atoms with E-state index in [9.17, 15) is 4.79 Å². The molecule has 0 aromatic heterocycles. The molecule has 0 radical (unpaired) electrons. The van der Waals surface area contributed by atoms with E-state index in [1.165, 1.54) is 7.11 Å². The third-order valence-electron chi connectivity index (χ3n) is 2.47. The lowest BCUT2D eigenvalue weighted by atomic mass is 10.0. The van der Waals surface area contributed by atoms with Crippen molar-refractivity contribution >= 4 is 11.5 Å². The first-order chi connectivity index (χ1) is 7.60. The van der Waals surface area contributed by atoms with E-state index < -0.39 is 0 Å². The molecule has 0 aliphatic carbocycles. The first kappa shape index (κ1) is 12.0. The first-order valence-corrected chi connectivity index (χ1v) is 4.86. The molecule has 0 bridgehead atoms. The average Bonchev–Trinajstić information content (AvgIpc) is 2.36. The number of carbonyl (C=O) groups excluding carboxylic acids is 1. The van der Waals surface area contributed by atoms with Crippen LogP contribution >= 0.6 is 0 Å². The van der Waals surface area contributed by atoms with E-state index in [1.54, 1.807) is 19.1 Å². The van der Waals surface area contributed by atoms with Gasteiger partial charge in [-0.15, -0.1) is 0 Å². The van der Waals surface area contributed by atoms with Gasteiger partial charge in [0.1, 0.15) is 0 Å². The summed E-state index contributed by atoms with van der Waals surface area (Å²) in [4.78, 5) is 11.2. The molecule has 0 saturated carbocycles. The lowest BCUT2D eigenvalue weighted by molar-refractivity contribution is 0.0601. The van der Waals surface area contributed by atoms with Crippen LogP contribution in [-0.2, 0) is 4.74 Å². The molecule has 0 aliphatic rings. The van der Waals surface area contributed by atoms with Crippen LogP contribution in [0.3, 0.4) is 0 Å². The Morgan fingerprint density at radius 3 is 2.12 bits per heavy atom. The summed E-state index contributed by atoms with van der Waals surface area (Å²) in [6, 6.07) is 9.10. The number of allylic oxidation sites excluding steroid dienone is 2. The summed E-state index contributed by atoms with van der Waals surface area (Å²) in [5.74, 6) is -0.356. The fourth-order valence-electron chi connectivity index (χ4n) is 1.27. The molecule has 1 aromatic rings. The maximum absolute atomic E-state index is 11.2. The van der Waals surface area contributed by atoms with Crippen molar-refractivity contribution < 1.29 is 9.53 Å². The molecular formula is C13H13NO2. The number of methoxy groups -OCH3 is 1. The Hall–Kier alpha value is -2.08. The van der Waals surface area contributed by atoms with Gasteiger partial charge in [0.15, 0.2) is 0 Å². The molecule has 0 aliphatic heterocycles. The summed E-state index contributed by atoms with van der Waals surface area (Å²) < 4.78 is 4.60. The summed E-state index contributed by atoms with van der Waals surface area (Å²) in [6.07, 6.45) is 0. The third-order valence-corrected chi connectivity index (χ3v) is 2.47. The number of hydrogen-bond donors (Lipinski definition) is 0. The SMILES string of the molecule is COC(=O)c1ccc(C(C)=C(C)C#N)cc1. The van der Waals surface area contributed by atoms with Gasteiger partial charge in [0.05, 0.1) is 18.7 Å². The minimum Gasteiger partial charge on any atom is -0.465 e. The van der Waals surface area contributed by atoms with E-state index in [4.69, 9.17) is 5.26 Å². The van der Waals surface area contributed by atoms with E-state index in [0.717, 1.165) is 11.1 Å².